The molecule has 3 rings (SSSR count). The van der Waals surface area contributed by atoms with E-state index in [-0.39, 0.29) is 16.9 Å². The molecule has 2 aromatic carbocycles. The Morgan fingerprint density at radius 1 is 1.16 bits per heavy atom. The normalized spacial score (nSPS) is 11.8. The van der Waals surface area contributed by atoms with Gasteiger partial charge in [0.2, 0.25) is 0 Å². The number of fused-ring (bicyclic) bond motifs is 1. The second-order valence-electron chi connectivity index (χ2n) is 6.69. The average Bonchev–Trinajstić information content (AvgIpc) is 2.76. The second-order valence-corrected chi connectivity index (χ2v) is 7.05. The molecule has 1 heterocycles. The number of nitrogens with zero attached hydrogens (tertiary/aromatic N) is 2. The predicted molar refractivity (Wildman–Crippen MR) is 121 cm³/mol. The van der Waals surface area contributed by atoms with Crippen LogP contribution in [0.4, 0.5) is 4.39 Å². The Bertz CT molecular complexity index is 1130. The van der Waals surface area contributed by atoms with Gasteiger partial charge in [0.05, 0.1) is 17.6 Å². The molecule has 3 aromatic rings. The van der Waals surface area contributed by atoms with Gasteiger partial charge in [0.15, 0.2) is 5.15 Å². The Kier molecular flexibility index (Phi) is 7.73. The molecule has 0 aliphatic rings. The van der Waals surface area contributed by atoms with Gasteiger partial charge in [-0.25, -0.2) is 14.4 Å². The molecule has 0 unspecified atom stereocenters. The van der Waals surface area contributed by atoms with Gasteiger partial charge >= 0.3 is 0 Å². The summed E-state index contributed by atoms with van der Waals surface area (Å²) in [6, 6.07) is 10.9. The van der Waals surface area contributed by atoms with Crippen LogP contribution in [0.1, 0.15) is 30.6 Å². The number of ether oxygens (including phenoxy) is 1. The first-order valence-corrected chi connectivity index (χ1v) is 10.4. The number of benzene rings is 2. The number of rotatable bonds is 8. The minimum Gasteiger partial charge on any atom is -0.492 e. The lowest BCUT2D eigenvalue weighted by Gasteiger charge is -2.10. The van der Waals surface area contributed by atoms with Crippen molar-refractivity contribution >= 4 is 28.5 Å². The van der Waals surface area contributed by atoms with Crippen molar-refractivity contribution in [3.05, 3.63) is 83.0 Å². The lowest BCUT2D eigenvalue weighted by molar-refractivity contribution is 0.0940. The monoisotopic (exact) mass is 439 g/mol. The van der Waals surface area contributed by atoms with E-state index in [1.54, 1.807) is 30.3 Å². The van der Waals surface area contributed by atoms with Gasteiger partial charge in [-0.05, 0) is 68.0 Å². The topological polar surface area (TPSA) is 64.1 Å². The summed E-state index contributed by atoms with van der Waals surface area (Å²) in [5.41, 5.74) is 2.61. The summed E-state index contributed by atoms with van der Waals surface area (Å²) < 4.78 is 18.9. The Labute approximate surface area is 185 Å². The first-order valence-electron chi connectivity index (χ1n) is 9.99. The van der Waals surface area contributed by atoms with Gasteiger partial charge in [-0.3, -0.25) is 4.79 Å². The van der Waals surface area contributed by atoms with E-state index in [1.165, 1.54) is 12.1 Å². The van der Waals surface area contributed by atoms with Gasteiger partial charge < -0.3 is 10.1 Å². The molecule has 0 saturated carbocycles. The molecule has 0 bridgehead atoms. The Balaban J connectivity index is 1.72. The molecule has 1 aromatic heterocycles. The van der Waals surface area contributed by atoms with Crippen LogP contribution in [0.5, 0.6) is 0 Å². The van der Waals surface area contributed by atoms with Gasteiger partial charge in [0.25, 0.3) is 5.91 Å². The van der Waals surface area contributed by atoms with Crippen LogP contribution in [0.2, 0.25) is 5.15 Å². The summed E-state index contributed by atoms with van der Waals surface area (Å²) in [7, 11) is 0. The van der Waals surface area contributed by atoms with Crippen molar-refractivity contribution in [1.29, 1.82) is 0 Å². The standard InChI is InChI=1S/C24H23ClFN3O2/c1-3-5-19(6-4-2)31-14-13-27-24(30)17-9-12-20-21(15-17)28-22(23(25)29-20)16-7-10-18(26)11-8-16/h3,5-12,15H,4,13-14H2,1-2H3,(H,27,30). The maximum Gasteiger partial charge on any atom is 0.251 e. The number of aromatic nitrogens is 2. The SMILES string of the molecule is CC=CC(=CCC)OCCNC(=O)c1ccc2nc(Cl)c(-c3ccc(F)cc3)nc2c1. The molecule has 0 spiro atoms. The van der Waals surface area contributed by atoms with E-state index < -0.39 is 0 Å². The Morgan fingerprint density at radius 3 is 2.65 bits per heavy atom. The number of hydrogen-bond donors (Lipinski definition) is 1. The van der Waals surface area contributed by atoms with Crippen LogP contribution in [-0.2, 0) is 4.74 Å². The minimum absolute atomic E-state index is 0.213. The van der Waals surface area contributed by atoms with Crippen LogP contribution < -0.4 is 5.32 Å². The maximum absolute atomic E-state index is 13.2. The third kappa shape index (κ3) is 5.89. The van der Waals surface area contributed by atoms with Gasteiger partial charge in [-0.15, -0.1) is 0 Å². The molecular weight excluding hydrogens is 417 g/mol. The first-order chi connectivity index (χ1) is 15.0. The summed E-state index contributed by atoms with van der Waals surface area (Å²) in [6.45, 7) is 4.68. The molecule has 0 atom stereocenters. The van der Waals surface area contributed by atoms with E-state index in [2.05, 4.69) is 15.3 Å². The highest BCUT2D eigenvalue weighted by atomic mass is 35.5. The molecule has 7 heteroatoms. The third-order valence-electron chi connectivity index (χ3n) is 4.39. The average molecular weight is 440 g/mol. The van der Waals surface area contributed by atoms with E-state index in [4.69, 9.17) is 16.3 Å². The summed E-state index contributed by atoms with van der Waals surface area (Å²) in [5.74, 6) is 0.197. The number of hydrogen-bond acceptors (Lipinski definition) is 4. The number of carbonyl (C=O) groups excluding carboxylic acids is 1. The Hall–Kier alpha value is -3.25. The number of amides is 1. The smallest absolute Gasteiger partial charge is 0.251 e. The molecule has 0 aliphatic carbocycles. The number of halogens is 2. The van der Waals surface area contributed by atoms with Crippen LogP contribution in [0.25, 0.3) is 22.3 Å². The zero-order valence-electron chi connectivity index (χ0n) is 17.4. The fourth-order valence-electron chi connectivity index (χ4n) is 2.94. The van der Waals surface area contributed by atoms with Crippen molar-refractivity contribution in [1.82, 2.24) is 15.3 Å². The molecule has 31 heavy (non-hydrogen) atoms. The predicted octanol–water partition coefficient (Wildman–Crippen LogP) is 5.71. The largest absolute Gasteiger partial charge is 0.492 e. The fourth-order valence-corrected chi connectivity index (χ4v) is 3.18. The lowest BCUT2D eigenvalue weighted by atomic mass is 10.1. The summed E-state index contributed by atoms with van der Waals surface area (Å²) in [5, 5.41) is 3.05. The number of carbonyl (C=O) groups is 1. The van der Waals surface area contributed by atoms with Crippen LogP contribution >= 0.6 is 11.6 Å². The van der Waals surface area contributed by atoms with Crippen LogP contribution in [0.15, 0.2) is 66.5 Å². The lowest BCUT2D eigenvalue weighted by Crippen LogP contribution is -2.27. The summed E-state index contributed by atoms with van der Waals surface area (Å²) >= 11 is 6.26. The highest BCUT2D eigenvalue weighted by Gasteiger charge is 2.12. The minimum atomic E-state index is -0.348. The molecule has 160 valence electrons. The second kappa shape index (κ2) is 10.7. The van der Waals surface area contributed by atoms with Crippen LogP contribution in [0.3, 0.4) is 0 Å². The highest BCUT2D eigenvalue weighted by Crippen LogP contribution is 2.27. The highest BCUT2D eigenvalue weighted by molar-refractivity contribution is 6.32. The quantitative estimate of drug-likeness (QED) is 0.277. The van der Waals surface area contributed by atoms with E-state index in [1.807, 2.05) is 32.1 Å². The molecule has 0 fully saturated rings. The molecular formula is C24H23ClFN3O2. The van der Waals surface area contributed by atoms with E-state index in [9.17, 15) is 9.18 Å². The number of allylic oxidation sites excluding steroid dienone is 3. The van der Waals surface area contributed by atoms with Crippen LogP contribution in [0, 0.1) is 5.82 Å². The molecule has 0 saturated heterocycles. The molecule has 1 N–H and O–H groups in total. The van der Waals surface area contributed by atoms with Gasteiger partial charge in [-0.2, -0.15) is 0 Å². The van der Waals surface area contributed by atoms with E-state index in [0.717, 1.165) is 12.2 Å². The summed E-state index contributed by atoms with van der Waals surface area (Å²) in [4.78, 5) is 21.4. The van der Waals surface area contributed by atoms with Gasteiger partial charge in [-0.1, -0.05) is 24.6 Å². The fraction of sp³-hybridized carbons (Fsp3) is 0.208. The maximum atomic E-state index is 13.2. The first kappa shape index (κ1) is 22.4. The van der Waals surface area contributed by atoms with Crippen LogP contribution in [-0.4, -0.2) is 29.0 Å². The zero-order valence-corrected chi connectivity index (χ0v) is 18.1. The van der Waals surface area contributed by atoms with Crippen molar-refractivity contribution < 1.29 is 13.9 Å². The van der Waals surface area contributed by atoms with Crippen molar-refractivity contribution in [3.63, 3.8) is 0 Å². The van der Waals surface area contributed by atoms with Crippen molar-refractivity contribution in [3.8, 4) is 11.3 Å². The van der Waals surface area contributed by atoms with Crippen molar-refractivity contribution in [2.24, 2.45) is 0 Å². The van der Waals surface area contributed by atoms with Gasteiger partial charge in [0.1, 0.15) is 23.9 Å². The third-order valence-corrected chi connectivity index (χ3v) is 4.66. The zero-order chi connectivity index (χ0) is 22.2. The van der Waals surface area contributed by atoms with E-state index in [0.29, 0.717) is 41.0 Å². The molecule has 5 nitrogen and oxygen atoms in total. The molecule has 0 aliphatic heterocycles. The molecule has 1 amide bonds. The molecule has 0 radical (unpaired) electrons. The van der Waals surface area contributed by atoms with Crippen molar-refractivity contribution in [2.75, 3.05) is 13.2 Å². The Morgan fingerprint density at radius 2 is 1.94 bits per heavy atom. The van der Waals surface area contributed by atoms with Gasteiger partial charge in [0, 0.05) is 11.1 Å². The summed E-state index contributed by atoms with van der Waals surface area (Å²) in [6.07, 6.45) is 6.64. The van der Waals surface area contributed by atoms with Crippen molar-refractivity contribution in [2.45, 2.75) is 20.3 Å². The number of nitrogens with one attached hydrogen (secondary N) is 1. The van der Waals surface area contributed by atoms with E-state index >= 15 is 0 Å².